The molecule has 0 aromatic rings. The maximum Gasteiger partial charge on any atom is 0.222 e. The van der Waals surface area contributed by atoms with Gasteiger partial charge in [-0.1, -0.05) is 6.92 Å². The van der Waals surface area contributed by atoms with E-state index in [2.05, 4.69) is 0 Å². The van der Waals surface area contributed by atoms with Gasteiger partial charge in [-0.2, -0.15) is 0 Å². The first-order chi connectivity index (χ1) is 5.10. The highest BCUT2D eigenvalue weighted by atomic mass is 35.5. The predicted octanol–water partition coefficient (Wildman–Crippen LogP) is 3.02. The van der Waals surface area contributed by atoms with Crippen molar-refractivity contribution >= 4 is 40.0 Å². The zero-order chi connectivity index (χ0) is 8.91. The Kier molecular flexibility index (Phi) is 5.49. The van der Waals surface area contributed by atoms with Crippen LogP contribution in [0.25, 0.3) is 0 Å². The summed E-state index contributed by atoms with van der Waals surface area (Å²) in [6.45, 7) is 1.95. The van der Waals surface area contributed by atoms with Crippen molar-refractivity contribution in [3.8, 4) is 0 Å². The van der Waals surface area contributed by atoms with E-state index in [1.54, 1.807) is 0 Å². The van der Waals surface area contributed by atoms with Crippen LogP contribution < -0.4 is 0 Å². The van der Waals surface area contributed by atoms with Gasteiger partial charge in [-0.15, -0.1) is 23.2 Å². The van der Waals surface area contributed by atoms with Crippen molar-refractivity contribution in [3.05, 3.63) is 0 Å². The minimum Gasteiger partial charge on any atom is -0.281 e. The van der Waals surface area contributed by atoms with Crippen molar-refractivity contribution in [2.75, 3.05) is 11.8 Å². The highest BCUT2D eigenvalue weighted by molar-refractivity contribution is 6.63. The van der Waals surface area contributed by atoms with Crippen molar-refractivity contribution in [3.63, 3.8) is 0 Å². The molecule has 0 saturated carbocycles. The summed E-state index contributed by atoms with van der Waals surface area (Å²) in [5.74, 6) is 0.761. The molecule has 0 aliphatic carbocycles. The van der Waals surface area contributed by atoms with Gasteiger partial charge in [0.25, 0.3) is 0 Å². The van der Waals surface area contributed by atoms with Gasteiger partial charge in [-0.25, -0.2) is 0 Å². The molecule has 66 valence electrons. The summed E-state index contributed by atoms with van der Waals surface area (Å²) in [4.78, 5) is 10.6. The van der Waals surface area contributed by atoms with Gasteiger partial charge in [-0.3, -0.25) is 4.79 Å². The zero-order valence-electron chi connectivity index (χ0n) is 6.37. The van der Waals surface area contributed by atoms with Gasteiger partial charge in [0.05, 0.1) is 0 Å². The average Bonchev–Trinajstić information content (AvgIpc) is 2.00. The molecule has 0 aliphatic heterocycles. The minimum atomic E-state index is -0.367. The molecule has 0 aliphatic rings. The van der Waals surface area contributed by atoms with Crippen molar-refractivity contribution < 1.29 is 4.79 Å². The van der Waals surface area contributed by atoms with E-state index in [9.17, 15) is 4.79 Å². The van der Waals surface area contributed by atoms with Crippen LogP contribution >= 0.6 is 34.8 Å². The Labute approximate surface area is 82.0 Å². The number of alkyl halides is 2. The summed E-state index contributed by atoms with van der Waals surface area (Å²) in [6, 6.07) is 0. The first-order valence-electron chi connectivity index (χ1n) is 3.40. The molecule has 0 spiro atoms. The number of hydrogen-bond acceptors (Lipinski definition) is 1. The molecule has 0 aromatic carbocycles. The Balaban J connectivity index is 4.16. The van der Waals surface area contributed by atoms with Crippen molar-refractivity contribution in [1.82, 2.24) is 0 Å². The van der Waals surface area contributed by atoms with Crippen molar-refractivity contribution in [2.24, 2.45) is 5.41 Å². The van der Waals surface area contributed by atoms with Crippen LogP contribution in [0.2, 0.25) is 0 Å². The van der Waals surface area contributed by atoms with Crippen molar-refractivity contribution in [2.45, 2.75) is 19.8 Å². The van der Waals surface area contributed by atoms with Crippen LogP contribution in [-0.4, -0.2) is 17.0 Å². The molecule has 0 atom stereocenters. The molecule has 0 heterocycles. The van der Waals surface area contributed by atoms with Gasteiger partial charge in [0, 0.05) is 23.6 Å². The van der Waals surface area contributed by atoms with Crippen LogP contribution in [0.15, 0.2) is 0 Å². The number of rotatable bonds is 5. The van der Waals surface area contributed by atoms with Gasteiger partial charge in [0.2, 0.25) is 5.24 Å². The fraction of sp³-hybridized carbons (Fsp3) is 0.857. The largest absolute Gasteiger partial charge is 0.281 e. The van der Waals surface area contributed by atoms with Gasteiger partial charge in [0.1, 0.15) is 0 Å². The van der Waals surface area contributed by atoms with E-state index in [0.717, 1.165) is 6.42 Å². The number of carbonyl (C=O) groups excluding carboxylic acids is 1. The Hall–Kier alpha value is 0.540. The maximum atomic E-state index is 10.6. The molecular formula is C7H11Cl3O. The third-order valence-electron chi connectivity index (χ3n) is 1.83. The first-order valence-corrected chi connectivity index (χ1v) is 4.85. The average molecular weight is 218 g/mol. The summed E-state index contributed by atoms with van der Waals surface area (Å²) in [6.07, 6.45) is 1.04. The van der Waals surface area contributed by atoms with E-state index in [-0.39, 0.29) is 17.1 Å². The van der Waals surface area contributed by atoms with E-state index in [1.165, 1.54) is 0 Å². The van der Waals surface area contributed by atoms with Crippen LogP contribution in [-0.2, 0) is 4.79 Å². The summed E-state index contributed by atoms with van der Waals surface area (Å²) in [5, 5.41) is -0.367. The molecule has 0 rings (SSSR count). The van der Waals surface area contributed by atoms with E-state index < -0.39 is 0 Å². The van der Waals surface area contributed by atoms with Gasteiger partial charge < -0.3 is 0 Å². The fourth-order valence-corrected chi connectivity index (χ4v) is 1.88. The number of hydrogen-bond donors (Lipinski definition) is 0. The third-order valence-corrected chi connectivity index (χ3v) is 3.10. The lowest BCUT2D eigenvalue weighted by atomic mass is 9.86. The maximum absolute atomic E-state index is 10.6. The Morgan fingerprint density at radius 3 is 1.91 bits per heavy atom. The smallest absolute Gasteiger partial charge is 0.222 e. The number of carbonyl (C=O) groups is 1. The van der Waals surface area contributed by atoms with Gasteiger partial charge in [-0.05, 0) is 18.0 Å². The normalized spacial score (nSPS) is 11.6. The SMILES string of the molecule is CCC(CCl)(CCl)CC(=O)Cl. The second-order valence-electron chi connectivity index (χ2n) is 2.65. The lowest BCUT2D eigenvalue weighted by Crippen LogP contribution is -2.26. The van der Waals surface area contributed by atoms with Crippen LogP contribution in [0.5, 0.6) is 0 Å². The predicted molar refractivity (Wildman–Crippen MR) is 49.6 cm³/mol. The summed E-state index contributed by atoms with van der Waals surface area (Å²) >= 11 is 16.6. The quantitative estimate of drug-likeness (QED) is 0.511. The topological polar surface area (TPSA) is 17.1 Å². The summed E-state index contributed by atoms with van der Waals surface area (Å²) < 4.78 is 0. The molecule has 0 unspecified atom stereocenters. The van der Waals surface area contributed by atoms with E-state index >= 15 is 0 Å². The van der Waals surface area contributed by atoms with Crippen LogP contribution in [0, 0.1) is 5.41 Å². The Morgan fingerprint density at radius 2 is 1.82 bits per heavy atom. The van der Waals surface area contributed by atoms with Gasteiger partial charge >= 0.3 is 0 Å². The molecule has 0 radical (unpaired) electrons. The second kappa shape index (κ2) is 5.23. The Bertz CT molecular complexity index is 123. The summed E-state index contributed by atoms with van der Waals surface area (Å²) in [5.41, 5.74) is -0.304. The molecule has 1 nitrogen and oxygen atoms in total. The van der Waals surface area contributed by atoms with Gasteiger partial charge in [0.15, 0.2) is 0 Å². The monoisotopic (exact) mass is 216 g/mol. The zero-order valence-corrected chi connectivity index (χ0v) is 8.64. The lowest BCUT2D eigenvalue weighted by molar-refractivity contribution is -0.113. The van der Waals surface area contributed by atoms with E-state index in [0.29, 0.717) is 11.8 Å². The number of halogens is 3. The highest BCUT2D eigenvalue weighted by Gasteiger charge is 2.28. The van der Waals surface area contributed by atoms with Crippen LogP contribution in [0.4, 0.5) is 0 Å². The molecule has 0 bridgehead atoms. The first kappa shape index (κ1) is 11.5. The van der Waals surface area contributed by atoms with Crippen LogP contribution in [0.3, 0.4) is 0 Å². The molecule has 0 aromatic heterocycles. The molecule has 11 heavy (non-hydrogen) atoms. The minimum absolute atomic E-state index is 0.262. The van der Waals surface area contributed by atoms with Crippen LogP contribution in [0.1, 0.15) is 19.8 Å². The molecular weight excluding hydrogens is 206 g/mol. The second-order valence-corrected chi connectivity index (χ2v) is 3.61. The lowest BCUT2D eigenvalue weighted by Gasteiger charge is -2.25. The molecule has 0 fully saturated rings. The summed E-state index contributed by atoms with van der Waals surface area (Å²) in [7, 11) is 0. The van der Waals surface area contributed by atoms with E-state index in [4.69, 9.17) is 34.8 Å². The standard InChI is InChI=1S/C7H11Cl3O/c1-2-7(4-8,5-9)3-6(10)11/h2-5H2,1H3. The fourth-order valence-electron chi connectivity index (χ4n) is 0.739. The Morgan fingerprint density at radius 1 is 1.36 bits per heavy atom. The van der Waals surface area contributed by atoms with Crippen molar-refractivity contribution in [1.29, 1.82) is 0 Å². The van der Waals surface area contributed by atoms with E-state index in [1.807, 2.05) is 6.92 Å². The molecule has 0 amide bonds. The highest BCUT2D eigenvalue weighted by Crippen LogP contribution is 2.30. The third kappa shape index (κ3) is 3.64. The molecule has 0 N–H and O–H groups in total. The molecule has 4 heteroatoms. The molecule has 0 saturated heterocycles.